The number of alkyl halides is 2. The number of pyridine rings is 1. The van der Waals surface area contributed by atoms with Crippen molar-refractivity contribution in [3.8, 4) is 0 Å². The van der Waals surface area contributed by atoms with Crippen LogP contribution in [0.4, 0.5) is 13.2 Å². The van der Waals surface area contributed by atoms with Gasteiger partial charge in [0.05, 0.1) is 15.9 Å². The predicted molar refractivity (Wildman–Crippen MR) is 47.8 cm³/mol. The summed E-state index contributed by atoms with van der Waals surface area (Å²) in [7, 11) is 0. The molecule has 13 heavy (non-hydrogen) atoms. The summed E-state index contributed by atoms with van der Waals surface area (Å²) < 4.78 is 37.1. The van der Waals surface area contributed by atoms with E-state index in [0.29, 0.717) is 0 Å². The third-order valence-electron chi connectivity index (χ3n) is 1.36. The third kappa shape index (κ3) is 2.31. The minimum absolute atomic E-state index is 0.0896. The normalized spacial score (nSPS) is 10.9. The van der Waals surface area contributed by atoms with Crippen molar-refractivity contribution in [2.24, 2.45) is 0 Å². The van der Waals surface area contributed by atoms with Crippen molar-refractivity contribution in [2.45, 2.75) is 13.0 Å². The molecular weight excluding hydrogens is 298 g/mol. The molecule has 1 rings (SSSR count). The molecule has 0 aliphatic heterocycles. The largest absolute Gasteiger partial charge is 0.390 e. The Kier molecular flexibility index (Phi) is 3.48. The second-order valence-corrected chi connectivity index (χ2v) is 3.33. The van der Waals surface area contributed by atoms with E-state index in [-0.39, 0.29) is 9.26 Å². The van der Waals surface area contributed by atoms with E-state index >= 15 is 0 Å². The minimum Gasteiger partial charge on any atom is -0.390 e. The SMILES string of the molecule is OCc1cc(F)c(I)c(C(F)F)n1. The number of aliphatic hydroxyl groups is 1. The Hall–Kier alpha value is -0.370. The number of nitrogens with zero attached hydrogens (tertiary/aromatic N) is 1. The standard InChI is InChI=1S/C7H5F3INO/c8-4-1-3(2-13)12-6(5(4)11)7(9)10/h1,7,13H,2H2. The Labute approximate surface area is 85.9 Å². The summed E-state index contributed by atoms with van der Waals surface area (Å²) in [6.45, 7) is -0.548. The molecule has 0 saturated carbocycles. The fraction of sp³-hybridized carbons (Fsp3) is 0.286. The Morgan fingerprint density at radius 1 is 1.54 bits per heavy atom. The van der Waals surface area contributed by atoms with E-state index in [2.05, 4.69) is 4.98 Å². The molecule has 0 bridgehead atoms. The van der Waals surface area contributed by atoms with Crippen LogP contribution in [-0.4, -0.2) is 10.1 Å². The van der Waals surface area contributed by atoms with Crippen LogP contribution in [-0.2, 0) is 6.61 Å². The van der Waals surface area contributed by atoms with E-state index in [1.807, 2.05) is 0 Å². The van der Waals surface area contributed by atoms with Crippen LogP contribution in [0.5, 0.6) is 0 Å². The highest BCUT2D eigenvalue weighted by atomic mass is 127. The zero-order valence-corrected chi connectivity index (χ0v) is 8.43. The second kappa shape index (κ2) is 4.23. The molecule has 0 spiro atoms. The third-order valence-corrected chi connectivity index (χ3v) is 2.43. The Morgan fingerprint density at radius 2 is 2.15 bits per heavy atom. The average Bonchev–Trinajstić information content (AvgIpc) is 2.09. The van der Waals surface area contributed by atoms with Gasteiger partial charge in [-0.1, -0.05) is 0 Å². The summed E-state index contributed by atoms with van der Waals surface area (Å²) in [4.78, 5) is 3.40. The van der Waals surface area contributed by atoms with Crippen LogP contribution in [0, 0.1) is 9.39 Å². The molecule has 1 aromatic rings. The maximum atomic E-state index is 12.9. The summed E-state index contributed by atoms with van der Waals surface area (Å²) >= 11 is 1.45. The van der Waals surface area contributed by atoms with Crippen molar-refractivity contribution in [3.05, 3.63) is 26.8 Å². The van der Waals surface area contributed by atoms with Crippen molar-refractivity contribution >= 4 is 22.6 Å². The Balaban J connectivity index is 3.25. The van der Waals surface area contributed by atoms with Gasteiger partial charge in [0, 0.05) is 0 Å². The van der Waals surface area contributed by atoms with Crippen molar-refractivity contribution in [1.82, 2.24) is 4.98 Å². The first kappa shape index (κ1) is 10.7. The van der Waals surface area contributed by atoms with Crippen LogP contribution < -0.4 is 0 Å². The summed E-state index contributed by atoms with van der Waals surface area (Å²) in [5, 5.41) is 8.58. The summed E-state index contributed by atoms with van der Waals surface area (Å²) in [5.74, 6) is -0.782. The highest BCUT2D eigenvalue weighted by molar-refractivity contribution is 14.1. The van der Waals surface area contributed by atoms with Gasteiger partial charge in [-0.15, -0.1) is 0 Å². The first-order valence-corrected chi connectivity index (χ1v) is 4.38. The molecule has 0 saturated heterocycles. The molecule has 72 valence electrons. The van der Waals surface area contributed by atoms with E-state index < -0.39 is 24.5 Å². The van der Waals surface area contributed by atoms with Crippen LogP contribution in [0.1, 0.15) is 17.8 Å². The zero-order chi connectivity index (χ0) is 10.0. The highest BCUT2D eigenvalue weighted by Crippen LogP contribution is 2.24. The monoisotopic (exact) mass is 303 g/mol. The fourth-order valence-corrected chi connectivity index (χ4v) is 1.31. The lowest BCUT2D eigenvalue weighted by Gasteiger charge is -2.05. The number of aromatic nitrogens is 1. The quantitative estimate of drug-likeness (QED) is 0.850. The van der Waals surface area contributed by atoms with Crippen molar-refractivity contribution in [3.63, 3.8) is 0 Å². The first-order valence-electron chi connectivity index (χ1n) is 3.30. The summed E-state index contributed by atoms with van der Waals surface area (Å²) in [6, 6.07) is 0.938. The molecule has 0 aliphatic rings. The smallest absolute Gasteiger partial charge is 0.281 e. The zero-order valence-electron chi connectivity index (χ0n) is 6.27. The molecule has 2 nitrogen and oxygen atoms in total. The van der Waals surface area contributed by atoms with Gasteiger partial charge in [0.2, 0.25) is 0 Å². The summed E-state index contributed by atoms with van der Waals surface area (Å²) in [5.41, 5.74) is -0.710. The number of aliphatic hydroxyl groups excluding tert-OH is 1. The molecule has 1 N–H and O–H groups in total. The highest BCUT2D eigenvalue weighted by Gasteiger charge is 2.17. The molecular formula is C7H5F3INO. The first-order chi connectivity index (χ1) is 6.06. The van der Waals surface area contributed by atoms with Gasteiger partial charge in [-0.2, -0.15) is 0 Å². The van der Waals surface area contributed by atoms with Crippen molar-refractivity contribution in [1.29, 1.82) is 0 Å². The maximum Gasteiger partial charge on any atom is 0.281 e. The molecule has 1 aromatic heterocycles. The maximum absolute atomic E-state index is 12.9. The Bertz CT molecular complexity index is 319. The molecule has 0 fully saturated rings. The second-order valence-electron chi connectivity index (χ2n) is 2.25. The predicted octanol–water partition coefficient (Wildman–Crippen LogP) is 2.26. The molecule has 6 heteroatoms. The van der Waals surface area contributed by atoms with E-state index in [4.69, 9.17) is 5.11 Å². The fourth-order valence-electron chi connectivity index (χ4n) is 0.794. The topological polar surface area (TPSA) is 33.1 Å². The van der Waals surface area contributed by atoms with E-state index in [1.54, 1.807) is 0 Å². The van der Waals surface area contributed by atoms with Crippen LogP contribution in [0.3, 0.4) is 0 Å². The average molecular weight is 303 g/mol. The molecule has 0 radical (unpaired) electrons. The lowest BCUT2D eigenvalue weighted by Crippen LogP contribution is -2.02. The minimum atomic E-state index is -2.83. The van der Waals surface area contributed by atoms with Crippen molar-refractivity contribution < 1.29 is 18.3 Å². The molecule has 0 unspecified atom stereocenters. The molecule has 0 aliphatic carbocycles. The van der Waals surface area contributed by atoms with Gasteiger partial charge in [0.1, 0.15) is 11.5 Å². The summed E-state index contributed by atoms with van der Waals surface area (Å²) in [6.07, 6.45) is -2.83. The van der Waals surface area contributed by atoms with Gasteiger partial charge < -0.3 is 5.11 Å². The van der Waals surface area contributed by atoms with Gasteiger partial charge in [-0.25, -0.2) is 18.2 Å². The lowest BCUT2D eigenvalue weighted by atomic mass is 10.3. The van der Waals surface area contributed by atoms with Crippen molar-refractivity contribution in [2.75, 3.05) is 0 Å². The lowest BCUT2D eigenvalue weighted by molar-refractivity contribution is 0.143. The van der Waals surface area contributed by atoms with Gasteiger partial charge in [-0.05, 0) is 28.7 Å². The van der Waals surface area contributed by atoms with E-state index in [1.165, 1.54) is 22.6 Å². The van der Waals surface area contributed by atoms with Crippen LogP contribution in [0.25, 0.3) is 0 Å². The number of halogens is 4. The molecule has 0 amide bonds. The number of hydrogen-bond donors (Lipinski definition) is 1. The van der Waals surface area contributed by atoms with E-state index in [9.17, 15) is 13.2 Å². The molecule has 1 heterocycles. The molecule has 0 aromatic carbocycles. The van der Waals surface area contributed by atoms with Gasteiger partial charge in [-0.3, -0.25) is 0 Å². The van der Waals surface area contributed by atoms with Crippen LogP contribution in [0.2, 0.25) is 0 Å². The van der Waals surface area contributed by atoms with Crippen LogP contribution in [0.15, 0.2) is 6.07 Å². The number of hydrogen-bond acceptors (Lipinski definition) is 2. The Morgan fingerprint density at radius 3 is 2.62 bits per heavy atom. The van der Waals surface area contributed by atoms with Gasteiger partial charge >= 0.3 is 0 Å². The van der Waals surface area contributed by atoms with Gasteiger partial charge in [0.25, 0.3) is 6.43 Å². The van der Waals surface area contributed by atoms with Gasteiger partial charge in [0.15, 0.2) is 0 Å². The van der Waals surface area contributed by atoms with Crippen LogP contribution >= 0.6 is 22.6 Å². The molecule has 0 atom stereocenters. The number of rotatable bonds is 2. The van der Waals surface area contributed by atoms with E-state index in [0.717, 1.165) is 6.07 Å².